The third kappa shape index (κ3) is 3.63. The second-order valence-electron chi connectivity index (χ2n) is 7.10. The number of aromatic nitrogens is 2. The highest BCUT2D eigenvalue weighted by molar-refractivity contribution is 5.88. The van der Waals surface area contributed by atoms with Crippen molar-refractivity contribution in [2.75, 3.05) is 7.11 Å². The second kappa shape index (κ2) is 7.98. The topological polar surface area (TPSA) is 82.3 Å². The van der Waals surface area contributed by atoms with Crippen molar-refractivity contribution < 1.29 is 14.3 Å². The number of ether oxygens (including phenoxy) is 1. The molecule has 1 saturated carbocycles. The Hall–Kier alpha value is -2.57. The van der Waals surface area contributed by atoms with E-state index in [0.29, 0.717) is 19.4 Å². The minimum absolute atomic E-state index is 0.119. The molecule has 0 unspecified atom stereocenters. The number of amides is 1. The molecule has 1 fully saturated rings. The molecular formula is C20H27N3O4. The summed E-state index contributed by atoms with van der Waals surface area (Å²) in [5.41, 5.74) is 0.639. The van der Waals surface area contributed by atoms with Gasteiger partial charge in [-0.2, -0.15) is 0 Å². The predicted molar refractivity (Wildman–Crippen MR) is 102 cm³/mol. The number of para-hydroxylation sites is 2. The lowest BCUT2D eigenvalue weighted by Crippen LogP contribution is -2.56. The third-order valence-corrected chi connectivity index (χ3v) is 5.47. The largest absolute Gasteiger partial charge is 0.467 e. The maximum Gasteiger partial charge on any atom is 0.331 e. The zero-order chi connectivity index (χ0) is 19.4. The quantitative estimate of drug-likeness (QED) is 0.787. The van der Waals surface area contributed by atoms with Crippen molar-refractivity contribution in [3.05, 3.63) is 34.7 Å². The van der Waals surface area contributed by atoms with Crippen LogP contribution in [0.4, 0.5) is 0 Å². The van der Waals surface area contributed by atoms with Gasteiger partial charge < -0.3 is 10.1 Å². The van der Waals surface area contributed by atoms with Crippen LogP contribution in [0.2, 0.25) is 0 Å². The highest BCUT2D eigenvalue weighted by Gasteiger charge is 2.41. The SMILES string of the molecule is CCn1c(=O)n(CCC(=O)NC2(C(=O)OC)CCCCC2)c2ccccc21. The standard InChI is InChI=1S/C20H27N3O4/c1-3-22-15-9-5-6-10-16(15)23(19(22)26)14-11-17(24)21-20(18(25)27-2)12-7-4-8-13-20/h5-6,9-10H,3-4,7-8,11-14H2,1-2H3,(H,21,24). The first kappa shape index (κ1) is 19.2. The molecule has 3 rings (SSSR count). The molecule has 0 saturated heterocycles. The summed E-state index contributed by atoms with van der Waals surface area (Å²) in [5, 5.41) is 2.91. The van der Waals surface area contributed by atoms with Gasteiger partial charge in [-0.05, 0) is 31.9 Å². The average molecular weight is 373 g/mol. The summed E-state index contributed by atoms with van der Waals surface area (Å²) >= 11 is 0. The number of nitrogens with zero attached hydrogens (tertiary/aromatic N) is 2. The summed E-state index contributed by atoms with van der Waals surface area (Å²) in [6, 6.07) is 7.57. The highest BCUT2D eigenvalue weighted by Crippen LogP contribution is 2.29. The lowest BCUT2D eigenvalue weighted by molar-refractivity contribution is -0.152. The third-order valence-electron chi connectivity index (χ3n) is 5.47. The van der Waals surface area contributed by atoms with Crippen molar-refractivity contribution in [1.82, 2.24) is 14.5 Å². The number of carbonyl (C=O) groups is 2. The van der Waals surface area contributed by atoms with Crippen LogP contribution in [0.3, 0.4) is 0 Å². The van der Waals surface area contributed by atoms with E-state index in [1.807, 2.05) is 31.2 Å². The van der Waals surface area contributed by atoms with Crippen molar-refractivity contribution >= 4 is 22.9 Å². The number of esters is 1. The minimum atomic E-state index is -0.924. The molecule has 146 valence electrons. The van der Waals surface area contributed by atoms with Crippen LogP contribution >= 0.6 is 0 Å². The first-order valence-corrected chi connectivity index (χ1v) is 9.60. The first-order chi connectivity index (χ1) is 13.0. The number of rotatable bonds is 6. The van der Waals surface area contributed by atoms with Gasteiger partial charge in [-0.25, -0.2) is 9.59 Å². The summed E-state index contributed by atoms with van der Waals surface area (Å²) in [6.07, 6.45) is 4.16. The maximum absolute atomic E-state index is 12.7. The van der Waals surface area contributed by atoms with Crippen LogP contribution in [0.5, 0.6) is 0 Å². The Morgan fingerprint density at radius 1 is 1.11 bits per heavy atom. The van der Waals surface area contributed by atoms with E-state index in [0.717, 1.165) is 30.3 Å². The molecule has 1 aliphatic rings. The van der Waals surface area contributed by atoms with Gasteiger partial charge in [0.25, 0.3) is 0 Å². The average Bonchev–Trinajstić information content (AvgIpc) is 2.97. The van der Waals surface area contributed by atoms with Crippen molar-refractivity contribution in [2.24, 2.45) is 0 Å². The molecule has 7 heteroatoms. The van der Waals surface area contributed by atoms with E-state index in [1.54, 1.807) is 9.13 Å². The van der Waals surface area contributed by atoms with E-state index < -0.39 is 5.54 Å². The summed E-state index contributed by atoms with van der Waals surface area (Å²) in [6.45, 7) is 2.77. The Bertz CT molecular complexity index is 890. The molecule has 1 aromatic carbocycles. The van der Waals surface area contributed by atoms with Gasteiger partial charge in [-0.15, -0.1) is 0 Å². The lowest BCUT2D eigenvalue weighted by atomic mass is 9.81. The molecule has 27 heavy (non-hydrogen) atoms. The predicted octanol–water partition coefficient (Wildman–Crippen LogP) is 2.21. The summed E-state index contributed by atoms with van der Waals surface area (Å²) < 4.78 is 8.27. The number of methoxy groups -OCH3 is 1. The Morgan fingerprint density at radius 2 is 1.74 bits per heavy atom. The lowest BCUT2D eigenvalue weighted by Gasteiger charge is -2.35. The van der Waals surface area contributed by atoms with Crippen LogP contribution in [0, 0.1) is 0 Å². The number of hydrogen-bond donors (Lipinski definition) is 1. The highest BCUT2D eigenvalue weighted by atomic mass is 16.5. The van der Waals surface area contributed by atoms with Crippen molar-refractivity contribution in [3.8, 4) is 0 Å². The van der Waals surface area contributed by atoms with Gasteiger partial charge >= 0.3 is 11.7 Å². The van der Waals surface area contributed by atoms with Crippen LogP contribution < -0.4 is 11.0 Å². The molecule has 1 aliphatic carbocycles. The van der Waals surface area contributed by atoms with Crippen LogP contribution in [-0.4, -0.2) is 33.7 Å². The second-order valence-corrected chi connectivity index (χ2v) is 7.10. The fourth-order valence-corrected chi connectivity index (χ4v) is 4.07. The molecule has 0 aliphatic heterocycles. The van der Waals surface area contributed by atoms with Crippen molar-refractivity contribution in [2.45, 2.75) is 64.1 Å². The van der Waals surface area contributed by atoms with Crippen LogP contribution in [-0.2, 0) is 27.4 Å². The molecule has 1 heterocycles. The fourth-order valence-electron chi connectivity index (χ4n) is 4.07. The summed E-state index contributed by atoms with van der Waals surface area (Å²) in [4.78, 5) is 37.5. The molecule has 1 amide bonds. The number of imidazole rings is 1. The van der Waals surface area contributed by atoms with Gasteiger partial charge in [0.15, 0.2) is 0 Å². The molecule has 1 N–H and O–H groups in total. The Morgan fingerprint density at radius 3 is 2.33 bits per heavy atom. The van der Waals surface area contributed by atoms with Gasteiger partial charge in [0, 0.05) is 19.5 Å². The van der Waals surface area contributed by atoms with Gasteiger partial charge in [0.2, 0.25) is 5.91 Å². The van der Waals surface area contributed by atoms with Gasteiger partial charge in [-0.1, -0.05) is 31.4 Å². The number of fused-ring (bicyclic) bond motifs is 1. The van der Waals surface area contributed by atoms with Crippen LogP contribution in [0.1, 0.15) is 45.4 Å². The molecule has 7 nitrogen and oxygen atoms in total. The molecule has 1 aromatic heterocycles. The molecule has 0 atom stereocenters. The monoisotopic (exact) mass is 373 g/mol. The molecular weight excluding hydrogens is 346 g/mol. The van der Waals surface area contributed by atoms with Crippen molar-refractivity contribution in [1.29, 1.82) is 0 Å². The zero-order valence-electron chi connectivity index (χ0n) is 16.0. The smallest absolute Gasteiger partial charge is 0.331 e. The minimum Gasteiger partial charge on any atom is -0.467 e. The van der Waals surface area contributed by atoms with E-state index in [1.165, 1.54) is 7.11 Å². The molecule has 0 spiro atoms. The summed E-state index contributed by atoms with van der Waals surface area (Å²) in [7, 11) is 1.35. The van der Waals surface area contributed by atoms with Gasteiger partial charge in [0.1, 0.15) is 5.54 Å². The van der Waals surface area contributed by atoms with E-state index in [2.05, 4.69) is 5.32 Å². The summed E-state index contributed by atoms with van der Waals surface area (Å²) in [5.74, 6) is -0.613. The van der Waals surface area contributed by atoms with Crippen LogP contribution in [0.25, 0.3) is 11.0 Å². The normalized spacial score (nSPS) is 16.2. The van der Waals surface area contributed by atoms with E-state index >= 15 is 0 Å². The van der Waals surface area contributed by atoms with E-state index in [9.17, 15) is 14.4 Å². The Kier molecular flexibility index (Phi) is 5.68. The zero-order valence-corrected chi connectivity index (χ0v) is 16.0. The van der Waals surface area contributed by atoms with Crippen LogP contribution in [0.15, 0.2) is 29.1 Å². The number of nitrogens with one attached hydrogen (secondary N) is 1. The van der Waals surface area contributed by atoms with Gasteiger partial charge in [-0.3, -0.25) is 13.9 Å². The molecule has 2 aromatic rings. The number of hydrogen-bond acceptors (Lipinski definition) is 4. The Labute approximate surface area is 158 Å². The van der Waals surface area contributed by atoms with Crippen molar-refractivity contribution in [3.63, 3.8) is 0 Å². The first-order valence-electron chi connectivity index (χ1n) is 9.60. The van der Waals surface area contributed by atoms with E-state index in [-0.39, 0.29) is 30.5 Å². The number of aryl methyl sites for hydroxylation is 2. The maximum atomic E-state index is 12.7. The van der Waals surface area contributed by atoms with E-state index in [4.69, 9.17) is 4.74 Å². The number of benzene rings is 1. The van der Waals surface area contributed by atoms with Gasteiger partial charge in [0.05, 0.1) is 18.1 Å². The fraction of sp³-hybridized carbons (Fsp3) is 0.550. The number of carbonyl (C=O) groups excluding carboxylic acids is 2. The molecule has 0 radical (unpaired) electrons. The Balaban J connectivity index is 1.76. The molecule has 0 bridgehead atoms.